The lowest BCUT2D eigenvalue weighted by Crippen LogP contribution is -2.36. The molecule has 0 aliphatic carbocycles. The number of nitrogens with one attached hydrogen (secondary N) is 1. The first kappa shape index (κ1) is 25.2. The number of hydrogen-bond acceptors (Lipinski definition) is 8. The van der Waals surface area contributed by atoms with Crippen LogP contribution in [0.1, 0.15) is 16.7 Å². The SMILES string of the molecule is COc1cc(/C=C2/SC(=O)N(CC(=O)Nc3ccc4c(c3)OCO4)C2=O)ccc1OCc1ccc(C)cc1. The summed E-state index contributed by atoms with van der Waals surface area (Å²) in [4.78, 5) is 39.1. The van der Waals surface area contributed by atoms with Crippen molar-refractivity contribution in [2.24, 2.45) is 0 Å². The molecule has 3 aromatic carbocycles. The molecule has 3 aromatic rings. The van der Waals surface area contributed by atoms with Gasteiger partial charge in [-0.05, 0) is 60.2 Å². The second-order valence-electron chi connectivity index (χ2n) is 8.57. The van der Waals surface area contributed by atoms with Crippen LogP contribution in [0.25, 0.3) is 6.08 Å². The van der Waals surface area contributed by atoms with Gasteiger partial charge in [0.05, 0.1) is 12.0 Å². The molecular weight excluding hydrogens is 508 g/mol. The number of benzene rings is 3. The molecule has 5 rings (SSSR count). The van der Waals surface area contributed by atoms with Gasteiger partial charge in [-0.3, -0.25) is 19.3 Å². The number of imide groups is 1. The van der Waals surface area contributed by atoms with E-state index >= 15 is 0 Å². The van der Waals surface area contributed by atoms with Gasteiger partial charge in [-0.15, -0.1) is 0 Å². The molecule has 0 saturated carbocycles. The van der Waals surface area contributed by atoms with E-state index in [1.165, 1.54) is 12.7 Å². The van der Waals surface area contributed by atoms with Gasteiger partial charge in [-0.25, -0.2) is 0 Å². The summed E-state index contributed by atoms with van der Waals surface area (Å²) in [6.07, 6.45) is 1.59. The lowest BCUT2D eigenvalue weighted by molar-refractivity contribution is -0.127. The van der Waals surface area contributed by atoms with Crippen LogP contribution in [-0.2, 0) is 16.2 Å². The van der Waals surface area contributed by atoms with Gasteiger partial charge >= 0.3 is 0 Å². The summed E-state index contributed by atoms with van der Waals surface area (Å²) in [5.41, 5.74) is 3.32. The van der Waals surface area contributed by atoms with Gasteiger partial charge in [0, 0.05) is 11.8 Å². The van der Waals surface area contributed by atoms with Crippen molar-refractivity contribution in [3.63, 3.8) is 0 Å². The van der Waals surface area contributed by atoms with Crippen LogP contribution in [0.15, 0.2) is 65.6 Å². The number of carbonyl (C=O) groups excluding carboxylic acids is 3. The van der Waals surface area contributed by atoms with E-state index in [0.717, 1.165) is 22.2 Å². The summed E-state index contributed by atoms with van der Waals surface area (Å²) < 4.78 is 21.9. The third kappa shape index (κ3) is 5.60. The van der Waals surface area contributed by atoms with Crippen molar-refractivity contribution in [3.8, 4) is 23.0 Å². The van der Waals surface area contributed by atoms with Crippen molar-refractivity contribution in [2.45, 2.75) is 13.5 Å². The second kappa shape index (κ2) is 10.9. The van der Waals surface area contributed by atoms with Gasteiger partial charge in [0.25, 0.3) is 11.1 Å². The zero-order valence-corrected chi connectivity index (χ0v) is 21.5. The number of nitrogens with zero attached hydrogens (tertiary/aromatic N) is 1. The van der Waals surface area contributed by atoms with E-state index in [4.69, 9.17) is 18.9 Å². The lowest BCUT2D eigenvalue weighted by atomic mass is 10.1. The normalized spacial score (nSPS) is 15.2. The number of hydrogen-bond donors (Lipinski definition) is 1. The zero-order valence-electron chi connectivity index (χ0n) is 20.7. The Morgan fingerprint density at radius 1 is 1.03 bits per heavy atom. The minimum Gasteiger partial charge on any atom is -0.493 e. The standard InChI is InChI=1S/C28H24N2O7S/c1-17-3-5-18(6-4-17)15-35-21-9-7-19(11-23(21)34-2)12-25-27(32)30(28(33)38-25)14-26(31)29-20-8-10-22-24(13-20)37-16-36-22/h3-13H,14-16H2,1-2H3,(H,29,31)/b25-12+. The average Bonchev–Trinajstić information content (AvgIpc) is 3.48. The molecule has 0 aromatic heterocycles. The molecular formula is C28H24N2O7S. The maximum absolute atomic E-state index is 12.9. The number of thioether (sulfide) groups is 1. The number of methoxy groups -OCH3 is 1. The molecule has 9 nitrogen and oxygen atoms in total. The van der Waals surface area contributed by atoms with Crippen molar-refractivity contribution in [1.29, 1.82) is 0 Å². The molecule has 3 amide bonds. The number of ether oxygens (including phenoxy) is 4. The summed E-state index contributed by atoms with van der Waals surface area (Å²) in [5, 5.41) is 2.15. The summed E-state index contributed by atoms with van der Waals surface area (Å²) in [5.74, 6) is 1.09. The van der Waals surface area contributed by atoms with Gasteiger partial charge in [0.15, 0.2) is 23.0 Å². The van der Waals surface area contributed by atoms with E-state index in [1.807, 2.05) is 31.2 Å². The molecule has 38 heavy (non-hydrogen) atoms. The maximum atomic E-state index is 12.9. The fourth-order valence-corrected chi connectivity index (χ4v) is 4.68. The predicted molar refractivity (Wildman–Crippen MR) is 142 cm³/mol. The van der Waals surface area contributed by atoms with E-state index < -0.39 is 23.6 Å². The fraction of sp³-hybridized carbons (Fsp3) is 0.179. The van der Waals surface area contributed by atoms with E-state index in [9.17, 15) is 14.4 Å². The fourth-order valence-electron chi connectivity index (χ4n) is 3.84. The molecule has 0 atom stereocenters. The van der Waals surface area contributed by atoms with Crippen LogP contribution in [-0.4, -0.2) is 42.4 Å². The third-order valence-electron chi connectivity index (χ3n) is 5.83. The van der Waals surface area contributed by atoms with Crippen molar-refractivity contribution >= 4 is 40.6 Å². The Bertz CT molecular complexity index is 1440. The number of amides is 3. The van der Waals surface area contributed by atoms with Crippen LogP contribution in [0.3, 0.4) is 0 Å². The monoisotopic (exact) mass is 532 g/mol. The molecule has 1 saturated heterocycles. The largest absolute Gasteiger partial charge is 0.493 e. The molecule has 194 valence electrons. The number of rotatable bonds is 8. The first-order valence-corrected chi connectivity index (χ1v) is 12.5. The van der Waals surface area contributed by atoms with E-state index in [2.05, 4.69) is 5.32 Å². The second-order valence-corrected chi connectivity index (χ2v) is 9.56. The van der Waals surface area contributed by atoms with Crippen molar-refractivity contribution in [2.75, 3.05) is 25.8 Å². The van der Waals surface area contributed by atoms with Crippen LogP contribution in [0.4, 0.5) is 10.5 Å². The van der Waals surface area contributed by atoms with Crippen LogP contribution in [0.2, 0.25) is 0 Å². The predicted octanol–water partition coefficient (Wildman–Crippen LogP) is 4.99. The molecule has 1 fully saturated rings. The minimum absolute atomic E-state index is 0.116. The van der Waals surface area contributed by atoms with Gasteiger partial charge in [-0.1, -0.05) is 35.9 Å². The molecule has 2 aliphatic rings. The quantitative estimate of drug-likeness (QED) is 0.405. The highest BCUT2D eigenvalue weighted by atomic mass is 32.2. The van der Waals surface area contributed by atoms with Crippen LogP contribution in [0, 0.1) is 6.92 Å². The molecule has 10 heteroatoms. The Morgan fingerprint density at radius 2 is 1.82 bits per heavy atom. The first-order valence-electron chi connectivity index (χ1n) is 11.7. The number of aryl methyl sites for hydroxylation is 1. The van der Waals surface area contributed by atoms with E-state index in [-0.39, 0.29) is 11.7 Å². The Hall–Kier alpha value is -4.44. The Morgan fingerprint density at radius 3 is 2.61 bits per heavy atom. The van der Waals surface area contributed by atoms with Gasteiger partial charge in [0.1, 0.15) is 13.2 Å². The lowest BCUT2D eigenvalue weighted by Gasteiger charge is -2.13. The number of carbonyl (C=O) groups is 3. The summed E-state index contributed by atoms with van der Waals surface area (Å²) in [6, 6.07) is 18.2. The molecule has 2 heterocycles. The zero-order chi connectivity index (χ0) is 26.6. The molecule has 0 unspecified atom stereocenters. The maximum Gasteiger partial charge on any atom is 0.294 e. The molecule has 0 spiro atoms. The van der Waals surface area contributed by atoms with Gasteiger partial charge in [-0.2, -0.15) is 0 Å². The van der Waals surface area contributed by atoms with Crippen LogP contribution < -0.4 is 24.3 Å². The van der Waals surface area contributed by atoms with E-state index in [1.54, 1.807) is 42.5 Å². The third-order valence-corrected chi connectivity index (χ3v) is 6.74. The van der Waals surface area contributed by atoms with Gasteiger partial charge < -0.3 is 24.3 Å². The van der Waals surface area contributed by atoms with Crippen LogP contribution in [0.5, 0.6) is 23.0 Å². The van der Waals surface area contributed by atoms with Gasteiger partial charge in [0.2, 0.25) is 12.7 Å². The summed E-state index contributed by atoms with van der Waals surface area (Å²) >= 11 is 0.777. The highest BCUT2D eigenvalue weighted by molar-refractivity contribution is 8.18. The Balaban J connectivity index is 1.23. The van der Waals surface area contributed by atoms with Crippen molar-refractivity contribution in [3.05, 3.63) is 82.3 Å². The Labute approximate surface area is 223 Å². The molecule has 0 bridgehead atoms. The van der Waals surface area contributed by atoms with Crippen LogP contribution >= 0.6 is 11.8 Å². The summed E-state index contributed by atoms with van der Waals surface area (Å²) in [6.45, 7) is 2.11. The minimum atomic E-state index is -0.542. The van der Waals surface area contributed by atoms with E-state index in [0.29, 0.717) is 40.9 Å². The topological polar surface area (TPSA) is 103 Å². The molecule has 0 radical (unpaired) electrons. The highest BCUT2D eigenvalue weighted by Gasteiger charge is 2.36. The highest BCUT2D eigenvalue weighted by Crippen LogP contribution is 2.36. The first-order chi connectivity index (χ1) is 18.4. The average molecular weight is 533 g/mol. The molecule has 1 N–H and O–H groups in total. The number of anilines is 1. The summed E-state index contributed by atoms with van der Waals surface area (Å²) in [7, 11) is 1.53. The smallest absolute Gasteiger partial charge is 0.294 e. The molecule has 2 aliphatic heterocycles. The van der Waals surface area contributed by atoms with Crippen molar-refractivity contribution < 1.29 is 33.3 Å². The Kier molecular flexibility index (Phi) is 7.23. The number of fused-ring (bicyclic) bond motifs is 1. The van der Waals surface area contributed by atoms with Crippen molar-refractivity contribution in [1.82, 2.24) is 4.90 Å².